The minimum absolute atomic E-state index is 0. The van der Waals surface area contributed by atoms with E-state index in [0.717, 1.165) is 25.7 Å². The van der Waals surface area contributed by atoms with Crippen LogP contribution in [0.2, 0.25) is 0 Å². The molecule has 0 unspecified atom stereocenters. The Kier molecular flexibility index (Phi) is 19.7. The molecule has 0 aliphatic heterocycles. The first-order valence-electron chi connectivity index (χ1n) is 11.2. The van der Waals surface area contributed by atoms with E-state index in [4.69, 9.17) is 4.74 Å². The predicted molar refractivity (Wildman–Crippen MR) is 117 cm³/mol. The first-order chi connectivity index (χ1) is 13.7. The molecule has 0 saturated heterocycles. The van der Waals surface area contributed by atoms with Crippen LogP contribution in [0.1, 0.15) is 109 Å². The Bertz CT molecular complexity index is 561. The second-order valence-electron chi connectivity index (χ2n) is 7.46. The molecule has 1 aromatic carbocycles. The molecular formula is C25H39NaO3. The van der Waals surface area contributed by atoms with E-state index < -0.39 is 11.9 Å². The van der Waals surface area contributed by atoms with Gasteiger partial charge in [0.1, 0.15) is 0 Å². The van der Waals surface area contributed by atoms with E-state index in [1.807, 2.05) is 6.07 Å². The van der Waals surface area contributed by atoms with Gasteiger partial charge >= 0.3 is 41.5 Å². The number of benzene rings is 1. The number of ether oxygens (including phenoxy) is 1. The molecule has 0 aliphatic rings. The van der Waals surface area contributed by atoms with Gasteiger partial charge < -0.3 is 6.16 Å². The molecule has 158 valence electrons. The van der Waals surface area contributed by atoms with Gasteiger partial charge in [-0.2, -0.15) is 0 Å². The van der Waals surface area contributed by atoms with E-state index in [2.05, 4.69) is 19.1 Å². The van der Waals surface area contributed by atoms with Gasteiger partial charge in [-0.3, -0.25) is 4.79 Å². The van der Waals surface area contributed by atoms with Gasteiger partial charge in [0.2, 0.25) is 0 Å². The maximum atomic E-state index is 11.8. The summed E-state index contributed by atoms with van der Waals surface area (Å²) < 4.78 is 4.87. The molecule has 0 radical (unpaired) electrons. The standard InChI is InChI=1S/C25H38O3.Na.H/c1-2-3-4-5-6-7-8-9-10-11-12-13-14-15-19-22-24(26)28-25(27)23-20-17-16-18-21-23;;/h9-10,16-18,20-21H,2-8,11-15,19,22H2,1H3;;/q;+1;-1/b10-9-;;. The zero-order valence-electron chi connectivity index (χ0n) is 19.7. The maximum absolute atomic E-state index is 11.8. The predicted octanol–water partition coefficient (Wildman–Crippen LogP) is 4.52. The fourth-order valence-electron chi connectivity index (χ4n) is 3.13. The molecule has 0 saturated carbocycles. The van der Waals surface area contributed by atoms with E-state index in [-0.39, 0.29) is 31.0 Å². The number of unbranched alkanes of at least 4 members (excludes halogenated alkanes) is 11. The van der Waals surface area contributed by atoms with Crippen LogP contribution >= 0.6 is 0 Å². The molecule has 0 fully saturated rings. The molecule has 1 aromatic rings. The molecule has 0 N–H and O–H groups in total. The van der Waals surface area contributed by atoms with Crippen LogP contribution in [-0.2, 0) is 9.53 Å². The number of carbonyl (C=O) groups is 2. The average molecular weight is 411 g/mol. The molecule has 0 amide bonds. The Morgan fingerprint density at radius 3 is 1.90 bits per heavy atom. The van der Waals surface area contributed by atoms with Crippen molar-refractivity contribution in [3.05, 3.63) is 48.0 Å². The van der Waals surface area contributed by atoms with Gasteiger partial charge in [0.15, 0.2) is 0 Å². The van der Waals surface area contributed by atoms with E-state index >= 15 is 0 Å². The summed E-state index contributed by atoms with van der Waals surface area (Å²) >= 11 is 0. The Balaban J connectivity index is 0. The zero-order chi connectivity index (χ0) is 20.3. The monoisotopic (exact) mass is 410 g/mol. The molecule has 4 heteroatoms. The summed E-state index contributed by atoms with van der Waals surface area (Å²) in [5, 5.41) is 0. The summed E-state index contributed by atoms with van der Waals surface area (Å²) in [4.78, 5) is 23.5. The van der Waals surface area contributed by atoms with Crippen LogP contribution in [0.4, 0.5) is 0 Å². The first kappa shape index (κ1) is 28.1. The summed E-state index contributed by atoms with van der Waals surface area (Å²) in [7, 11) is 0. The van der Waals surface area contributed by atoms with Crippen molar-refractivity contribution < 1.29 is 45.3 Å². The molecule has 1 rings (SSSR count). The number of hydrogen-bond donors (Lipinski definition) is 0. The van der Waals surface area contributed by atoms with Gasteiger partial charge in [-0.05, 0) is 44.2 Å². The van der Waals surface area contributed by atoms with Crippen molar-refractivity contribution in [2.45, 2.75) is 96.8 Å². The third-order valence-corrected chi connectivity index (χ3v) is 4.86. The second kappa shape index (κ2) is 20.4. The van der Waals surface area contributed by atoms with Gasteiger partial charge in [0, 0.05) is 6.42 Å². The van der Waals surface area contributed by atoms with E-state index in [1.165, 1.54) is 57.8 Å². The minimum Gasteiger partial charge on any atom is -1.00 e. The van der Waals surface area contributed by atoms with Crippen LogP contribution < -0.4 is 29.6 Å². The molecule has 0 spiro atoms. The quantitative estimate of drug-likeness (QED) is 0.132. The van der Waals surface area contributed by atoms with E-state index in [1.54, 1.807) is 24.3 Å². The third-order valence-electron chi connectivity index (χ3n) is 4.86. The van der Waals surface area contributed by atoms with Crippen molar-refractivity contribution in [3.63, 3.8) is 0 Å². The fraction of sp³-hybridized carbons (Fsp3) is 0.600. The largest absolute Gasteiger partial charge is 1.00 e. The van der Waals surface area contributed by atoms with Crippen LogP contribution in [-0.4, -0.2) is 11.9 Å². The van der Waals surface area contributed by atoms with Crippen molar-refractivity contribution in [3.8, 4) is 0 Å². The van der Waals surface area contributed by atoms with Crippen LogP contribution in [0, 0.1) is 0 Å². The number of hydrogen-bond acceptors (Lipinski definition) is 3. The Labute approximate surface area is 201 Å². The molecule has 3 nitrogen and oxygen atoms in total. The van der Waals surface area contributed by atoms with Gasteiger partial charge in [-0.25, -0.2) is 4.79 Å². The van der Waals surface area contributed by atoms with Gasteiger partial charge in [-0.15, -0.1) is 0 Å². The number of rotatable bonds is 16. The molecule has 0 aliphatic carbocycles. The molecule has 0 atom stereocenters. The van der Waals surface area contributed by atoms with Crippen molar-refractivity contribution >= 4 is 11.9 Å². The summed E-state index contributed by atoms with van der Waals surface area (Å²) in [5.74, 6) is -0.982. The maximum Gasteiger partial charge on any atom is 1.00 e. The van der Waals surface area contributed by atoms with Crippen LogP contribution in [0.3, 0.4) is 0 Å². The molecule has 0 aromatic heterocycles. The topological polar surface area (TPSA) is 43.4 Å². The minimum atomic E-state index is -0.557. The SMILES string of the molecule is CCCCCCCC/C=C\CCCCCCCC(=O)OC(=O)c1ccccc1.[H-].[Na+]. The van der Waals surface area contributed by atoms with Gasteiger partial charge in [0.25, 0.3) is 0 Å². The van der Waals surface area contributed by atoms with Crippen LogP contribution in [0.5, 0.6) is 0 Å². The third kappa shape index (κ3) is 16.6. The Hall–Kier alpha value is -0.900. The first-order valence-corrected chi connectivity index (χ1v) is 11.2. The van der Waals surface area contributed by atoms with Crippen molar-refractivity contribution in [2.75, 3.05) is 0 Å². The second-order valence-corrected chi connectivity index (χ2v) is 7.46. The molecule has 29 heavy (non-hydrogen) atoms. The molecule has 0 heterocycles. The number of carbonyl (C=O) groups excluding carboxylic acids is 2. The van der Waals surface area contributed by atoms with Crippen molar-refractivity contribution in [2.24, 2.45) is 0 Å². The molecular weight excluding hydrogens is 371 g/mol. The van der Waals surface area contributed by atoms with E-state index in [9.17, 15) is 9.59 Å². The zero-order valence-corrected chi connectivity index (χ0v) is 20.7. The summed E-state index contributed by atoms with van der Waals surface area (Å²) in [6.07, 6.45) is 20.8. The smallest absolute Gasteiger partial charge is 1.00 e. The van der Waals surface area contributed by atoms with Gasteiger partial charge in [0.05, 0.1) is 5.56 Å². The van der Waals surface area contributed by atoms with Gasteiger partial charge in [-0.1, -0.05) is 88.6 Å². The fourth-order valence-corrected chi connectivity index (χ4v) is 3.13. The van der Waals surface area contributed by atoms with Crippen LogP contribution in [0.15, 0.2) is 42.5 Å². The van der Waals surface area contributed by atoms with Crippen LogP contribution in [0.25, 0.3) is 0 Å². The van der Waals surface area contributed by atoms with Crippen molar-refractivity contribution in [1.82, 2.24) is 0 Å². The summed E-state index contributed by atoms with van der Waals surface area (Å²) in [6.45, 7) is 2.26. The Morgan fingerprint density at radius 1 is 0.793 bits per heavy atom. The molecule has 0 bridgehead atoms. The van der Waals surface area contributed by atoms with Crippen molar-refractivity contribution in [1.29, 1.82) is 0 Å². The normalized spacial score (nSPS) is 10.7. The summed E-state index contributed by atoms with van der Waals surface area (Å²) in [6, 6.07) is 8.63. The Morgan fingerprint density at radius 2 is 1.31 bits per heavy atom. The van der Waals surface area contributed by atoms with E-state index in [0.29, 0.717) is 12.0 Å². The number of esters is 2. The average Bonchev–Trinajstić information content (AvgIpc) is 2.71. The summed E-state index contributed by atoms with van der Waals surface area (Å²) in [5.41, 5.74) is 0.417. The number of allylic oxidation sites excluding steroid dienone is 2.